The number of aliphatic imine (C=N–C) groups is 1. The van der Waals surface area contributed by atoms with Crippen LogP contribution in [-0.2, 0) is 0 Å². The van der Waals surface area contributed by atoms with Crippen LogP contribution in [0.25, 0.3) is 0 Å². The summed E-state index contributed by atoms with van der Waals surface area (Å²) < 4.78 is 0. The van der Waals surface area contributed by atoms with Crippen molar-refractivity contribution in [3.8, 4) is 0 Å². The van der Waals surface area contributed by atoms with E-state index in [2.05, 4.69) is 60.8 Å². The van der Waals surface area contributed by atoms with Crippen LogP contribution in [0.1, 0.15) is 34.1 Å². The first-order valence-electron chi connectivity index (χ1n) is 7.97. The minimum atomic E-state index is 0. The van der Waals surface area contributed by atoms with Crippen molar-refractivity contribution in [2.75, 3.05) is 25.0 Å². The van der Waals surface area contributed by atoms with Gasteiger partial charge in [0.15, 0.2) is 5.96 Å². The van der Waals surface area contributed by atoms with Crippen molar-refractivity contribution in [3.63, 3.8) is 0 Å². The molecule has 0 aromatic heterocycles. The van der Waals surface area contributed by atoms with Crippen molar-refractivity contribution in [2.24, 2.45) is 10.9 Å². The highest BCUT2D eigenvalue weighted by atomic mass is 127. The Labute approximate surface area is 152 Å². The van der Waals surface area contributed by atoms with Crippen LogP contribution < -0.4 is 16.0 Å². The predicted octanol–water partition coefficient (Wildman–Crippen LogP) is 3.71. The third kappa shape index (κ3) is 9.12. The molecule has 0 fully saturated rings. The van der Waals surface area contributed by atoms with Crippen LogP contribution >= 0.6 is 24.0 Å². The third-order valence-corrected chi connectivity index (χ3v) is 3.42. The average molecular weight is 418 g/mol. The van der Waals surface area contributed by atoms with Crippen LogP contribution in [0.5, 0.6) is 0 Å². The molecule has 0 amide bonds. The molecule has 0 radical (unpaired) electrons. The molecule has 0 spiro atoms. The minimum Gasteiger partial charge on any atom is -0.385 e. The molecular weight excluding hydrogens is 387 g/mol. The molecule has 4 nitrogen and oxygen atoms in total. The second-order valence-electron chi connectivity index (χ2n) is 5.58. The van der Waals surface area contributed by atoms with E-state index in [1.54, 1.807) is 0 Å². The molecule has 1 atom stereocenters. The monoisotopic (exact) mass is 418 g/mol. The van der Waals surface area contributed by atoms with Gasteiger partial charge in [-0.25, -0.2) is 0 Å². The fourth-order valence-corrected chi connectivity index (χ4v) is 1.76. The number of hydrogen-bond acceptors (Lipinski definition) is 2. The standard InChI is InChI=1S/C17H30N4.HI/c1-5-18-17(21-15(4)14(2)3)20-13-9-12-19-16-10-7-6-8-11-16;/h6-8,10-11,14-15,19H,5,9,12-13H2,1-4H3,(H2,18,20,21);1H. The first kappa shape index (κ1) is 21.0. The summed E-state index contributed by atoms with van der Waals surface area (Å²) in [5.41, 5.74) is 1.17. The van der Waals surface area contributed by atoms with E-state index in [0.717, 1.165) is 32.0 Å². The highest BCUT2D eigenvalue weighted by molar-refractivity contribution is 14.0. The molecule has 1 rings (SSSR count). The van der Waals surface area contributed by atoms with Crippen LogP contribution in [0.15, 0.2) is 35.3 Å². The summed E-state index contributed by atoms with van der Waals surface area (Å²) in [6.07, 6.45) is 1.02. The summed E-state index contributed by atoms with van der Waals surface area (Å²) in [5.74, 6) is 1.51. The molecule has 0 saturated heterocycles. The van der Waals surface area contributed by atoms with Gasteiger partial charge in [0.25, 0.3) is 0 Å². The summed E-state index contributed by atoms with van der Waals surface area (Å²) in [6, 6.07) is 10.7. The Hall–Kier alpha value is -0.980. The van der Waals surface area contributed by atoms with E-state index < -0.39 is 0 Å². The van der Waals surface area contributed by atoms with Gasteiger partial charge < -0.3 is 16.0 Å². The molecule has 0 bridgehead atoms. The number of benzene rings is 1. The first-order chi connectivity index (χ1) is 10.1. The normalized spacial score (nSPS) is 12.5. The highest BCUT2D eigenvalue weighted by Crippen LogP contribution is 2.04. The van der Waals surface area contributed by atoms with Crippen LogP contribution in [-0.4, -0.2) is 31.6 Å². The zero-order chi connectivity index (χ0) is 15.5. The number of anilines is 1. The third-order valence-electron chi connectivity index (χ3n) is 3.42. The van der Waals surface area contributed by atoms with Crippen molar-refractivity contribution in [1.29, 1.82) is 0 Å². The van der Waals surface area contributed by atoms with Gasteiger partial charge in [0.2, 0.25) is 0 Å². The topological polar surface area (TPSA) is 48.5 Å². The molecule has 0 aliphatic rings. The van der Waals surface area contributed by atoms with Gasteiger partial charge in [0.05, 0.1) is 0 Å². The summed E-state index contributed by atoms with van der Waals surface area (Å²) in [6.45, 7) is 11.4. The van der Waals surface area contributed by atoms with Gasteiger partial charge in [-0.2, -0.15) is 0 Å². The maximum absolute atomic E-state index is 4.62. The first-order valence-corrected chi connectivity index (χ1v) is 7.97. The lowest BCUT2D eigenvalue weighted by Crippen LogP contribution is -2.44. The molecule has 5 heteroatoms. The number of para-hydroxylation sites is 1. The molecule has 0 heterocycles. The smallest absolute Gasteiger partial charge is 0.191 e. The van der Waals surface area contributed by atoms with Gasteiger partial charge in [-0.15, -0.1) is 24.0 Å². The Morgan fingerprint density at radius 3 is 2.41 bits per heavy atom. The molecule has 0 saturated carbocycles. The molecule has 3 N–H and O–H groups in total. The van der Waals surface area contributed by atoms with Crippen LogP contribution in [0, 0.1) is 5.92 Å². The predicted molar refractivity (Wildman–Crippen MR) is 108 cm³/mol. The molecule has 0 aliphatic carbocycles. The molecular formula is C17H31IN4. The summed E-state index contributed by atoms with van der Waals surface area (Å²) in [5, 5.41) is 10.1. The molecule has 0 aliphatic heterocycles. The molecule has 1 aromatic rings. The number of hydrogen-bond donors (Lipinski definition) is 3. The minimum absolute atomic E-state index is 0. The van der Waals surface area contributed by atoms with Gasteiger partial charge in [-0.05, 0) is 38.3 Å². The van der Waals surface area contributed by atoms with Gasteiger partial charge in [0.1, 0.15) is 0 Å². The second-order valence-corrected chi connectivity index (χ2v) is 5.58. The van der Waals surface area contributed by atoms with Gasteiger partial charge >= 0.3 is 0 Å². The second kappa shape index (κ2) is 12.6. The summed E-state index contributed by atoms with van der Waals surface area (Å²) in [4.78, 5) is 4.62. The fraction of sp³-hybridized carbons (Fsp3) is 0.588. The Balaban J connectivity index is 0.00000441. The zero-order valence-corrected chi connectivity index (χ0v) is 16.6. The summed E-state index contributed by atoms with van der Waals surface area (Å²) >= 11 is 0. The molecule has 1 aromatic carbocycles. The largest absolute Gasteiger partial charge is 0.385 e. The molecule has 126 valence electrons. The van der Waals surface area contributed by atoms with E-state index in [4.69, 9.17) is 0 Å². The number of rotatable bonds is 8. The van der Waals surface area contributed by atoms with Gasteiger partial charge in [-0.1, -0.05) is 32.0 Å². The van der Waals surface area contributed by atoms with E-state index in [9.17, 15) is 0 Å². The van der Waals surface area contributed by atoms with E-state index >= 15 is 0 Å². The van der Waals surface area contributed by atoms with Gasteiger partial charge in [0, 0.05) is 31.4 Å². The highest BCUT2D eigenvalue weighted by Gasteiger charge is 2.08. The Morgan fingerprint density at radius 2 is 1.82 bits per heavy atom. The quantitative estimate of drug-likeness (QED) is 0.261. The van der Waals surface area contributed by atoms with Crippen LogP contribution in [0.3, 0.4) is 0 Å². The SMILES string of the molecule is CCNC(=NCCCNc1ccccc1)NC(C)C(C)C.I. The van der Waals surface area contributed by atoms with Crippen LogP contribution in [0.2, 0.25) is 0 Å². The van der Waals surface area contributed by atoms with E-state index in [1.807, 2.05) is 18.2 Å². The Morgan fingerprint density at radius 1 is 1.14 bits per heavy atom. The lowest BCUT2D eigenvalue weighted by atomic mass is 10.1. The van der Waals surface area contributed by atoms with E-state index in [1.165, 1.54) is 5.69 Å². The lowest BCUT2D eigenvalue weighted by molar-refractivity contribution is 0.481. The number of nitrogens with one attached hydrogen (secondary N) is 3. The molecule has 22 heavy (non-hydrogen) atoms. The Bertz CT molecular complexity index is 406. The van der Waals surface area contributed by atoms with Crippen molar-refractivity contribution in [1.82, 2.24) is 10.6 Å². The van der Waals surface area contributed by atoms with E-state index in [-0.39, 0.29) is 24.0 Å². The number of guanidine groups is 1. The van der Waals surface area contributed by atoms with Crippen molar-refractivity contribution < 1.29 is 0 Å². The van der Waals surface area contributed by atoms with E-state index in [0.29, 0.717) is 12.0 Å². The maximum atomic E-state index is 4.62. The van der Waals surface area contributed by atoms with Crippen LogP contribution in [0.4, 0.5) is 5.69 Å². The van der Waals surface area contributed by atoms with Gasteiger partial charge in [-0.3, -0.25) is 4.99 Å². The van der Waals surface area contributed by atoms with Crippen molar-refractivity contribution in [3.05, 3.63) is 30.3 Å². The van der Waals surface area contributed by atoms with Crippen molar-refractivity contribution >= 4 is 35.6 Å². The number of halogens is 1. The fourth-order valence-electron chi connectivity index (χ4n) is 1.76. The maximum Gasteiger partial charge on any atom is 0.191 e. The lowest BCUT2D eigenvalue weighted by Gasteiger charge is -2.20. The number of nitrogens with zero attached hydrogens (tertiary/aromatic N) is 1. The van der Waals surface area contributed by atoms with Crippen molar-refractivity contribution in [2.45, 2.75) is 40.2 Å². The average Bonchev–Trinajstić information content (AvgIpc) is 2.48. The zero-order valence-electron chi connectivity index (χ0n) is 14.2. The Kier molecular flexibility index (Phi) is 12.0. The summed E-state index contributed by atoms with van der Waals surface area (Å²) in [7, 11) is 0. The molecule has 1 unspecified atom stereocenters.